The third-order valence-electron chi connectivity index (χ3n) is 5.00. The van der Waals surface area contributed by atoms with Crippen LogP contribution in [0, 0.1) is 0 Å². The van der Waals surface area contributed by atoms with E-state index in [0.29, 0.717) is 37.4 Å². The molecule has 3 aromatic carbocycles. The van der Waals surface area contributed by atoms with Crippen LogP contribution in [0.15, 0.2) is 85.5 Å². The maximum atomic E-state index is 12.4. The molecule has 3 rings (SSSR count). The molecule has 0 amide bonds. The van der Waals surface area contributed by atoms with E-state index in [0.717, 1.165) is 6.08 Å². The van der Waals surface area contributed by atoms with Gasteiger partial charge in [-0.3, -0.25) is 0 Å². The molecule has 10 heteroatoms. The van der Waals surface area contributed by atoms with Gasteiger partial charge in [-0.05, 0) is 79.0 Å². The van der Waals surface area contributed by atoms with Crippen molar-refractivity contribution < 1.29 is 43.4 Å². The zero-order valence-electron chi connectivity index (χ0n) is 19.9. The number of carbonyl (C=O) groups excluding carboxylic acids is 3. The minimum atomic E-state index is -1.61. The highest BCUT2D eigenvalue weighted by atomic mass is 16.5. The van der Waals surface area contributed by atoms with Gasteiger partial charge in [-0.1, -0.05) is 18.7 Å². The number of hydrogen-bond acceptors (Lipinski definition) is 9. The molecule has 2 N–H and O–H groups in total. The predicted molar refractivity (Wildman–Crippen MR) is 135 cm³/mol. The molecular weight excluding hydrogens is 479 g/mol. The van der Waals surface area contributed by atoms with Crippen LogP contribution in [-0.4, -0.2) is 48.3 Å². The van der Waals surface area contributed by atoms with E-state index in [1.54, 1.807) is 24.3 Å². The zero-order valence-corrected chi connectivity index (χ0v) is 19.9. The Morgan fingerprint density at radius 1 is 0.703 bits per heavy atom. The smallest absolute Gasteiger partial charge is 0.488 e. The van der Waals surface area contributed by atoms with E-state index < -0.39 is 25.0 Å². The monoisotopic (exact) mass is 504 g/mol. The highest BCUT2D eigenvalue weighted by Crippen LogP contribution is 2.18. The number of ether oxygens (including phenoxy) is 4. The molecule has 0 heterocycles. The Balaban J connectivity index is 1.44. The van der Waals surface area contributed by atoms with Crippen LogP contribution in [0.25, 0.3) is 0 Å². The van der Waals surface area contributed by atoms with E-state index in [4.69, 9.17) is 29.0 Å². The van der Waals surface area contributed by atoms with Gasteiger partial charge in [0.05, 0.1) is 24.3 Å². The molecular formula is C27H25BO9. The Kier molecular flexibility index (Phi) is 10.0. The first-order chi connectivity index (χ1) is 17.9. The van der Waals surface area contributed by atoms with Crippen molar-refractivity contribution in [3.8, 4) is 17.2 Å². The highest BCUT2D eigenvalue weighted by Gasteiger charge is 2.14. The lowest BCUT2D eigenvalue weighted by atomic mass is 9.80. The van der Waals surface area contributed by atoms with Gasteiger partial charge in [0.1, 0.15) is 17.2 Å². The molecule has 0 fully saturated rings. The summed E-state index contributed by atoms with van der Waals surface area (Å²) in [7, 11) is -1.61. The molecule has 0 radical (unpaired) electrons. The average molecular weight is 504 g/mol. The predicted octanol–water partition coefficient (Wildman–Crippen LogP) is 2.69. The molecule has 0 saturated heterocycles. The molecule has 190 valence electrons. The van der Waals surface area contributed by atoms with Gasteiger partial charge in [0.2, 0.25) is 0 Å². The molecule has 0 bridgehead atoms. The Labute approximate surface area is 214 Å². The van der Waals surface area contributed by atoms with Gasteiger partial charge in [0.15, 0.2) is 0 Å². The summed E-state index contributed by atoms with van der Waals surface area (Å²) in [6.45, 7) is 4.06. The van der Waals surface area contributed by atoms with E-state index in [1.807, 2.05) is 0 Å². The molecule has 0 unspecified atom stereocenters. The number of rotatable bonds is 12. The minimum absolute atomic E-state index is 0.242. The van der Waals surface area contributed by atoms with E-state index in [9.17, 15) is 14.4 Å². The SMILES string of the molecule is C=CC(=O)OCCCCOc1ccc(C(=O)Oc2ccc(C(=O)Oc3ccc(B(O)O)cc3)cc2)cc1. The lowest BCUT2D eigenvalue weighted by Crippen LogP contribution is -2.29. The topological polar surface area (TPSA) is 129 Å². The molecule has 0 spiro atoms. The summed E-state index contributed by atoms with van der Waals surface area (Å²) >= 11 is 0. The average Bonchev–Trinajstić information content (AvgIpc) is 2.91. The summed E-state index contributed by atoms with van der Waals surface area (Å²) in [5.74, 6) is -0.566. The van der Waals surface area contributed by atoms with E-state index in [1.165, 1.54) is 48.5 Å². The second-order valence-electron chi connectivity index (χ2n) is 7.70. The van der Waals surface area contributed by atoms with Crippen molar-refractivity contribution in [2.45, 2.75) is 12.8 Å². The number of hydrogen-bond donors (Lipinski definition) is 2. The van der Waals surface area contributed by atoms with E-state index in [-0.39, 0.29) is 22.5 Å². The van der Waals surface area contributed by atoms with Crippen molar-refractivity contribution >= 4 is 30.5 Å². The Hall–Kier alpha value is -4.41. The fraction of sp³-hybridized carbons (Fsp3) is 0.148. The first-order valence-electron chi connectivity index (χ1n) is 11.4. The molecule has 9 nitrogen and oxygen atoms in total. The summed E-state index contributed by atoms with van der Waals surface area (Å²) in [5, 5.41) is 18.2. The third-order valence-corrected chi connectivity index (χ3v) is 5.00. The number of benzene rings is 3. The molecule has 0 aliphatic carbocycles. The summed E-state index contributed by atoms with van der Waals surface area (Å²) in [6, 6.07) is 18.1. The number of unbranched alkanes of at least 4 members (excludes halogenated alkanes) is 1. The van der Waals surface area contributed by atoms with Crippen LogP contribution in [0.2, 0.25) is 0 Å². The van der Waals surface area contributed by atoms with Gasteiger partial charge in [-0.25, -0.2) is 14.4 Å². The molecule has 0 saturated carbocycles. The lowest BCUT2D eigenvalue weighted by molar-refractivity contribution is -0.137. The van der Waals surface area contributed by atoms with Gasteiger partial charge < -0.3 is 29.0 Å². The molecule has 0 atom stereocenters. The van der Waals surface area contributed by atoms with Crippen LogP contribution in [0.3, 0.4) is 0 Å². The second kappa shape index (κ2) is 13.6. The van der Waals surface area contributed by atoms with Crippen molar-refractivity contribution in [2.24, 2.45) is 0 Å². The first kappa shape index (κ1) is 27.2. The summed E-state index contributed by atoms with van der Waals surface area (Å²) in [6.07, 6.45) is 2.46. The number of esters is 3. The fourth-order valence-electron chi connectivity index (χ4n) is 3.01. The van der Waals surface area contributed by atoms with Crippen molar-refractivity contribution in [1.29, 1.82) is 0 Å². The fourth-order valence-corrected chi connectivity index (χ4v) is 3.01. The van der Waals surface area contributed by atoms with E-state index >= 15 is 0 Å². The van der Waals surface area contributed by atoms with Crippen LogP contribution in [0.5, 0.6) is 17.2 Å². The Morgan fingerprint density at radius 2 is 1.16 bits per heavy atom. The quantitative estimate of drug-likeness (QED) is 0.126. The molecule has 0 aliphatic heterocycles. The first-order valence-corrected chi connectivity index (χ1v) is 11.4. The standard InChI is InChI=1S/C27H25BO9/c1-2-25(29)35-18-4-3-17-34-22-11-5-19(6-12-22)26(30)36-23-13-7-20(8-14-23)27(31)37-24-15-9-21(10-16-24)28(32)33/h2,5-16,32-33H,1,3-4,17-18H2. The molecule has 3 aromatic rings. The van der Waals surface area contributed by atoms with Crippen LogP contribution in [-0.2, 0) is 9.53 Å². The lowest BCUT2D eigenvalue weighted by Gasteiger charge is -2.08. The maximum Gasteiger partial charge on any atom is 0.488 e. The molecule has 0 aliphatic rings. The summed E-state index contributed by atoms with van der Waals surface area (Å²) in [5.41, 5.74) is 0.837. The maximum absolute atomic E-state index is 12.4. The van der Waals surface area contributed by atoms with Crippen LogP contribution >= 0.6 is 0 Å². The second-order valence-corrected chi connectivity index (χ2v) is 7.70. The van der Waals surface area contributed by atoms with Crippen LogP contribution < -0.4 is 19.7 Å². The van der Waals surface area contributed by atoms with E-state index in [2.05, 4.69) is 6.58 Å². The normalized spacial score (nSPS) is 10.2. The Morgan fingerprint density at radius 3 is 1.65 bits per heavy atom. The van der Waals surface area contributed by atoms with Gasteiger partial charge in [0.25, 0.3) is 0 Å². The number of carbonyl (C=O) groups is 3. The zero-order chi connectivity index (χ0) is 26.6. The third kappa shape index (κ3) is 8.64. The minimum Gasteiger partial charge on any atom is -0.494 e. The molecule has 0 aromatic heterocycles. The van der Waals surface area contributed by atoms with Crippen molar-refractivity contribution in [1.82, 2.24) is 0 Å². The Bertz CT molecular complexity index is 1200. The summed E-state index contributed by atoms with van der Waals surface area (Å²) in [4.78, 5) is 35.7. The van der Waals surface area contributed by atoms with Gasteiger partial charge in [0, 0.05) is 6.08 Å². The van der Waals surface area contributed by atoms with Gasteiger partial charge in [-0.15, -0.1) is 0 Å². The molecule has 37 heavy (non-hydrogen) atoms. The van der Waals surface area contributed by atoms with Crippen LogP contribution in [0.1, 0.15) is 33.6 Å². The highest BCUT2D eigenvalue weighted by molar-refractivity contribution is 6.58. The van der Waals surface area contributed by atoms with Crippen molar-refractivity contribution in [3.63, 3.8) is 0 Å². The van der Waals surface area contributed by atoms with Crippen LogP contribution in [0.4, 0.5) is 0 Å². The summed E-state index contributed by atoms with van der Waals surface area (Å²) < 4.78 is 21.1. The van der Waals surface area contributed by atoms with Gasteiger partial charge >= 0.3 is 25.0 Å². The van der Waals surface area contributed by atoms with Crippen molar-refractivity contribution in [3.05, 3.63) is 96.6 Å². The van der Waals surface area contributed by atoms with Gasteiger partial charge in [-0.2, -0.15) is 0 Å². The largest absolute Gasteiger partial charge is 0.494 e. The van der Waals surface area contributed by atoms with Crippen molar-refractivity contribution in [2.75, 3.05) is 13.2 Å².